The van der Waals surface area contributed by atoms with Crippen molar-refractivity contribution in [2.24, 2.45) is 0 Å². The van der Waals surface area contributed by atoms with Gasteiger partial charge in [0.2, 0.25) is 5.91 Å². The van der Waals surface area contributed by atoms with Gasteiger partial charge in [-0.2, -0.15) is 0 Å². The van der Waals surface area contributed by atoms with E-state index in [1.165, 1.54) is 7.11 Å². The average Bonchev–Trinajstić information content (AvgIpc) is 3.37. The van der Waals surface area contributed by atoms with Crippen molar-refractivity contribution in [3.8, 4) is 23.0 Å². The Morgan fingerprint density at radius 3 is 2.56 bits per heavy atom. The van der Waals surface area contributed by atoms with Crippen LogP contribution >= 0.6 is 24.2 Å². The van der Waals surface area contributed by atoms with Crippen LogP contribution in [-0.4, -0.2) is 85.6 Å². The number of phenolic OH excluding ortho intramolecular Hbond substituents is 1. The molecule has 2 aliphatic rings. The molecule has 2 saturated heterocycles. The summed E-state index contributed by atoms with van der Waals surface area (Å²) in [5.74, 6) is 2.63. The monoisotopic (exact) mass is 536 g/mol. The van der Waals surface area contributed by atoms with Crippen molar-refractivity contribution in [3.05, 3.63) is 53.6 Å². The van der Waals surface area contributed by atoms with Gasteiger partial charge in [0.25, 0.3) is 0 Å². The number of thioether (sulfide) groups is 1. The fourth-order valence-electron chi connectivity index (χ4n) is 4.14. The molecule has 1 amide bonds. The molecule has 2 aliphatic heterocycles. The first-order chi connectivity index (χ1) is 17.1. The van der Waals surface area contributed by atoms with E-state index in [1.54, 1.807) is 37.1 Å². The van der Waals surface area contributed by atoms with Gasteiger partial charge in [0.1, 0.15) is 12.0 Å². The van der Waals surface area contributed by atoms with Gasteiger partial charge < -0.3 is 29.0 Å². The Labute approximate surface area is 222 Å². The molecule has 10 heteroatoms. The lowest BCUT2D eigenvalue weighted by atomic mass is 10.1. The smallest absolute Gasteiger partial charge is 0.247 e. The maximum atomic E-state index is 13.0. The highest BCUT2D eigenvalue weighted by atomic mass is 35.5. The molecule has 2 aromatic rings. The lowest BCUT2D eigenvalue weighted by molar-refractivity contribution is -0.126. The van der Waals surface area contributed by atoms with Crippen molar-refractivity contribution in [1.82, 2.24) is 9.80 Å². The number of morpholine rings is 1. The van der Waals surface area contributed by atoms with Crippen molar-refractivity contribution < 1.29 is 28.8 Å². The Kier molecular flexibility index (Phi) is 10.6. The molecular formula is C26H33ClN2O6S. The lowest BCUT2D eigenvalue weighted by Crippen LogP contribution is -2.37. The van der Waals surface area contributed by atoms with E-state index in [1.807, 2.05) is 35.2 Å². The summed E-state index contributed by atoms with van der Waals surface area (Å²) in [6, 6.07) is 11.1. The van der Waals surface area contributed by atoms with Crippen LogP contribution in [0.1, 0.15) is 11.1 Å². The third-order valence-corrected chi connectivity index (χ3v) is 7.23. The van der Waals surface area contributed by atoms with Crippen molar-refractivity contribution in [2.45, 2.75) is 11.9 Å². The third kappa shape index (κ3) is 7.00. The van der Waals surface area contributed by atoms with E-state index >= 15 is 0 Å². The van der Waals surface area contributed by atoms with Crippen LogP contribution in [-0.2, 0) is 16.1 Å². The van der Waals surface area contributed by atoms with E-state index in [-0.39, 0.29) is 29.4 Å². The van der Waals surface area contributed by atoms with E-state index in [2.05, 4.69) is 4.90 Å². The number of carbonyl (C=O) groups excluding carboxylic acids is 1. The number of nitrogens with zero attached hydrogens (tertiary/aromatic N) is 2. The summed E-state index contributed by atoms with van der Waals surface area (Å²) in [4.78, 5) is 17.1. The molecule has 0 spiro atoms. The van der Waals surface area contributed by atoms with Crippen molar-refractivity contribution in [2.75, 3.05) is 59.4 Å². The van der Waals surface area contributed by atoms with Crippen LogP contribution in [0.15, 0.2) is 42.5 Å². The fraction of sp³-hybridized carbons (Fsp3) is 0.423. The fourth-order valence-corrected chi connectivity index (χ4v) is 5.26. The average molecular weight is 537 g/mol. The summed E-state index contributed by atoms with van der Waals surface area (Å²) >= 11 is 1.70. The molecule has 2 aromatic carbocycles. The molecule has 2 fully saturated rings. The van der Waals surface area contributed by atoms with Crippen molar-refractivity contribution >= 4 is 36.2 Å². The summed E-state index contributed by atoms with van der Waals surface area (Å²) in [6.07, 6.45) is 3.35. The Hall–Kier alpha value is -2.59. The van der Waals surface area contributed by atoms with E-state index in [0.29, 0.717) is 50.2 Å². The van der Waals surface area contributed by atoms with Crippen LogP contribution in [0.2, 0.25) is 0 Å². The van der Waals surface area contributed by atoms with Crippen LogP contribution < -0.4 is 14.2 Å². The Bertz CT molecular complexity index is 1050. The Balaban J connectivity index is 0.00000361. The molecule has 1 N–H and O–H groups in total. The zero-order chi connectivity index (χ0) is 24.6. The van der Waals surface area contributed by atoms with Gasteiger partial charge in [-0.3, -0.25) is 9.69 Å². The predicted molar refractivity (Wildman–Crippen MR) is 143 cm³/mol. The zero-order valence-corrected chi connectivity index (χ0v) is 22.2. The quantitative estimate of drug-likeness (QED) is 0.486. The predicted octanol–water partition coefficient (Wildman–Crippen LogP) is 3.66. The second kappa shape index (κ2) is 13.6. The third-order valence-electron chi connectivity index (χ3n) is 6.04. The number of benzene rings is 2. The highest BCUT2D eigenvalue weighted by Crippen LogP contribution is 2.33. The van der Waals surface area contributed by atoms with E-state index < -0.39 is 0 Å². The standard InChI is InChI=1S/C26H32N2O6S.ClH/c1-31-21-5-3-4-6-22(21)34-18-25-28(11-14-35-25)24(29)8-7-19-15-20(26(30)23(16-19)32-2)17-27-9-12-33-13-10-27;/h3-8,15-16,25,30H,9-14,17-18H2,1-2H3;1H. The SMILES string of the molecule is COc1ccccc1OCC1SCCN1C(=O)C=Cc1cc(CN2CCOCC2)c(O)c(OC)c1.Cl. The second-order valence-corrected chi connectivity index (χ2v) is 9.56. The normalized spacial score (nSPS) is 18.2. The topological polar surface area (TPSA) is 80.7 Å². The number of amides is 1. The first-order valence-corrected chi connectivity index (χ1v) is 12.7. The van der Waals surface area contributed by atoms with Gasteiger partial charge >= 0.3 is 0 Å². The number of hydrogen-bond acceptors (Lipinski definition) is 8. The van der Waals surface area contributed by atoms with Gasteiger partial charge in [-0.05, 0) is 35.9 Å². The number of halogens is 1. The van der Waals surface area contributed by atoms with Gasteiger partial charge in [0.15, 0.2) is 23.0 Å². The van der Waals surface area contributed by atoms with Crippen LogP contribution in [0.4, 0.5) is 0 Å². The molecule has 2 heterocycles. The number of phenols is 1. The highest BCUT2D eigenvalue weighted by molar-refractivity contribution is 8.00. The number of aromatic hydroxyl groups is 1. The van der Waals surface area contributed by atoms with E-state index in [9.17, 15) is 9.90 Å². The zero-order valence-electron chi connectivity index (χ0n) is 20.6. The van der Waals surface area contributed by atoms with Crippen LogP contribution in [0, 0.1) is 0 Å². The lowest BCUT2D eigenvalue weighted by Gasteiger charge is -2.27. The number of para-hydroxylation sites is 2. The molecule has 0 aliphatic carbocycles. The summed E-state index contributed by atoms with van der Waals surface area (Å²) in [5, 5.41) is 10.5. The number of methoxy groups -OCH3 is 2. The first-order valence-electron chi connectivity index (χ1n) is 11.6. The number of rotatable bonds is 9. The largest absolute Gasteiger partial charge is 0.504 e. The molecule has 8 nitrogen and oxygen atoms in total. The maximum Gasteiger partial charge on any atom is 0.247 e. The van der Waals surface area contributed by atoms with Gasteiger partial charge in [-0.1, -0.05) is 12.1 Å². The van der Waals surface area contributed by atoms with Crippen LogP contribution in [0.25, 0.3) is 6.08 Å². The minimum absolute atomic E-state index is 0. The van der Waals surface area contributed by atoms with E-state index in [4.69, 9.17) is 18.9 Å². The van der Waals surface area contributed by atoms with Crippen molar-refractivity contribution in [3.63, 3.8) is 0 Å². The molecule has 1 unspecified atom stereocenters. The summed E-state index contributed by atoms with van der Waals surface area (Å²) < 4.78 is 22.1. The van der Waals surface area contributed by atoms with Gasteiger partial charge in [0, 0.05) is 43.6 Å². The van der Waals surface area contributed by atoms with Gasteiger partial charge in [-0.25, -0.2) is 0 Å². The highest BCUT2D eigenvalue weighted by Gasteiger charge is 2.29. The molecule has 0 bridgehead atoms. The minimum atomic E-state index is -0.0803. The number of ether oxygens (including phenoxy) is 4. The maximum absolute atomic E-state index is 13.0. The number of hydrogen-bond donors (Lipinski definition) is 1. The Morgan fingerprint density at radius 2 is 1.83 bits per heavy atom. The summed E-state index contributed by atoms with van der Waals surface area (Å²) in [5.41, 5.74) is 1.56. The van der Waals surface area contributed by atoms with Crippen molar-refractivity contribution in [1.29, 1.82) is 0 Å². The molecule has 4 rings (SSSR count). The van der Waals surface area contributed by atoms with Gasteiger partial charge in [0.05, 0.1) is 27.4 Å². The number of carbonyl (C=O) groups is 1. The molecule has 0 saturated carbocycles. The Morgan fingerprint density at radius 1 is 1.11 bits per heavy atom. The molecule has 196 valence electrons. The summed E-state index contributed by atoms with van der Waals surface area (Å²) in [6.45, 7) is 4.61. The van der Waals surface area contributed by atoms with Crippen LogP contribution in [0.5, 0.6) is 23.0 Å². The minimum Gasteiger partial charge on any atom is -0.504 e. The summed E-state index contributed by atoms with van der Waals surface area (Å²) in [7, 11) is 3.14. The van der Waals surface area contributed by atoms with E-state index in [0.717, 1.165) is 30.0 Å². The molecule has 36 heavy (non-hydrogen) atoms. The van der Waals surface area contributed by atoms with Crippen LogP contribution in [0.3, 0.4) is 0 Å². The second-order valence-electron chi connectivity index (χ2n) is 8.27. The first kappa shape index (κ1) is 28.0. The molecular weight excluding hydrogens is 504 g/mol. The molecule has 0 radical (unpaired) electrons. The molecule has 0 aromatic heterocycles. The molecule has 1 atom stereocenters. The van der Waals surface area contributed by atoms with Gasteiger partial charge in [-0.15, -0.1) is 24.2 Å².